The fraction of sp³-hybridized carbons (Fsp3) is 0.538. The molecule has 1 heterocycles. The Morgan fingerprint density at radius 2 is 2.06 bits per heavy atom. The summed E-state index contributed by atoms with van der Waals surface area (Å²) in [6.45, 7) is 3.96. The third kappa shape index (κ3) is 3.48. The van der Waals surface area contributed by atoms with Crippen LogP contribution in [0.15, 0.2) is 24.3 Å². The minimum atomic E-state index is 0.391. The Hall–Kier alpha value is -0.570. The molecule has 2 atom stereocenters. The molecular weight excluding hydrogens is 222 g/mol. The summed E-state index contributed by atoms with van der Waals surface area (Å²) in [7, 11) is 0. The maximum absolute atomic E-state index is 5.82. The van der Waals surface area contributed by atoms with Crippen LogP contribution in [0.5, 0.6) is 0 Å². The molecule has 0 amide bonds. The Bertz CT molecular complexity index is 325. The molecule has 1 aromatic carbocycles. The summed E-state index contributed by atoms with van der Waals surface area (Å²) < 4.78 is 5.73. The Balaban J connectivity index is 1.70. The van der Waals surface area contributed by atoms with Crippen LogP contribution in [0.3, 0.4) is 0 Å². The number of benzene rings is 1. The van der Waals surface area contributed by atoms with Gasteiger partial charge < -0.3 is 10.1 Å². The Morgan fingerprint density at radius 3 is 2.69 bits per heavy atom. The van der Waals surface area contributed by atoms with Crippen LogP contribution in [0.1, 0.15) is 25.3 Å². The van der Waals surface area contributed by atoms with Gasteiger partial charge in [-0.3, -0.25) is 0 Å². The summed E-state index contributed by atoms with van der Waals surface area (Å²) in [6, 6.07) is 7.94. The van der Waals surface area contributed by atoms with Crippen molar-refractivity contribution < 1.29 is 4.74 Å². The highest BCUT2D eigenvalue weighted by molar-refractivity contribution is 6.30. The molecule has 1 N–H and O–H groups in total. The lowest BCUT2D eigenvalue weighted by Gasteiger charge is -2.12. The third-order valence-corrected chi connectivity index (χ3v) is 3.19. The minimum Gasteiger partial charge on any atom is -0.374 e. The second-order valence-corrected chi connectivity index (χ2v) is 4.84. The SMILES string of the molecule is CC1CCC(CNCc2ccc(Cl)cc2)O1. The van der Waals surface area contributed by atoms with Crippen molar-refractivity contribution in [2.75, 3.05) is 6.54 Å². The van der Waals surface area contributed by atoms with Gasteiger partial charge in [-0.2, -0.15) is 0 Å². The molecule has 0 saturated carbocycles. The predicted octanol–water partition coefficient (Wildman–Crippen LogP) is 3.00. The molecule has 1 aromatic rings. The maximum atomic E-state index is 5.82. The number of nitrogens with one attached hydrogen (secondary N) is 1. The van der Waals surface area contributed by atoms with Crippen LogP contribution >= 0.6 is 11.6 Å². The van der Waals surface area contributed by atoms with Crippen molar-refractivity contribution in [3.63, 3.8) is 0 Å². The van der Waals surface area contributed by atoms with Crippen LogP contribution < -0.4 is 5.32 Å². The van der Waals surface area contributed by atoms with Crippen molar-refractivity contribution in [3.8, 4) is 0 Å². The topological polar surface area (TPSA) is 21.3 Å². The third-order valence-electron chi connectivity index (χ3n) is 2.93. The molecule has 0 aromatic heterocycles. The molecule has 0 spiro atoms. The first-order valence-electron chi connectivity index (χ1n) is 5.84. The molecule has 1 aliphatic rings. The Morgan fingerprint density at radius 1 is 1.31 bits per heavy atom. The van der Waals surface area contributed by atoms with Gasteiger partial charge in [-0.25, -0.2) is 0 Å². The van der Waals surface area contributed by atoms with Crippen LogP contribution in [0.4, 0.5) is 0 Å². The lowest BCUT2D eigenvalue weighted by Crippen LogP contribution is -2.26. The minimum absolute atomic E-state index is 0.391. The van der Waals surface area contributed by atoms with Crippen LogP contribution in [0, 0.1) is 0 Å². The molecule has 1 saturated heterocycles. The molecule has 2 nitrogen and oxygen atoms in total. The average Bonchev–Trinajstić information content (AvgIpc) is 2.67. The van der Waals surface area contributed by atoms with Gasteiger partial charge in [0.25, 0.3) is 0 Å². The smallest absolute Gasteiger partial charge is 0.0704 e. The second-order valence-electron chi connectivity index (χ2n) is 4.40. The first-order valence-corrected chi connectivity index (χ1v) is 6.22. The molecule has 2 rings (SSSR count). The van der Waals surface area contributed by atoms with Crippen LogP contribution in [-0.4, -0.2) is 18.8 Å². The predicted molar refractivity (Wildman–Crippen MR) is 66.7 cm³/mol. The van der Waals surface area contributed by atoms with Gasteiger partial charge in [-0.1, -0.05) is 23.7 Å². The molecule has 0 bridgehead atoms. The van der Waals surface area contributed by atoms with E-state index in [0.29, 0.717) is 12.2 Å². The van der Waals surface area contributed by atoms with Gasteiger partial charge in [-0.05, 0) is 37.5 Å². The molecule has 0 radical (unpaired) electrons. The molecule has 16 heavy (non-hydrogen) atoms. The standard InChI is InChI=1S/C13H18ClNO/c1-10-2-7-13(16-10)9-15-8-11-3-5-12(14)6-4-11/h3-6,10,13,15H,2,7-9H2,1H3. The Kier molecular flexibility index (Phi) is 4.22. The number of rotatable bonds is 4. The largest absolute Gasteiger partial charge is 0.374 e. The highest BCUT2D eigenvalue weighted by Gasteiger charge is 2.20. The normalized spacial score (nSPS) is 24.9. The van der Waals surface area contributed by atoms with Gasteiger partial charge in [0.15, 0.2) is 0 Å². The van der Waals surface area contributed by atoms with E-state index in [4.69, 9.17) is 16.3 Å². The summed E-state index contributed by atoms with van der Waals surface area (Å²) in [5.41, 5.74) is 1.26. The highest BCUT2D eigenvalue weighted by atomic mass is 35.5. The summed E-state index contributed by atoms with van der Waals surface area (Å²) in [5.74, 6) is 0. The summed E-state index contributed by atoms with van der Waals surface area (Å²) in [6.07, 6.45) is 3.19. The van der Waals surface area contributed by atoms with Crippen molar-refractivity contribution in [2.45, 2.75) is 38.5 Å². The lowest BCUT2D eigenvalue weighted by atomic mass is 10.2. The summed E-state index contributed by atoms with van der Waals surface area (Å²) in [4.78, 5) is 0. The first kappa shape index (κ1) is 11.9. The van der Waals surface area contributed by atoms with Crippen molar-refractivity contribution in [1.82, 2.24) is 5.32 Å². The van der Waals surface area contributed by atoms with Crippen molar-refractivity contribution in [3.05, 3.63) is 34.9 Å². The van der Waals surface area contributed by atoms with Crippen molar-refractivity contribution >= 4 is 11.6 Å². The summed E-state index contributed by atoms with van der Waals surface area (Å²) >= 11 is 5.82. The lowest BCUT2D eigenvalue weighted by molar-refractivity contribution is 0.0559. The zero-order valence-electron chi connectivity index (χ0n) is 9.58. The van der Waals surface area contributed by atoms with Gasteiger partial charge in [0, 0.05) is 18.1 Å². The van der Waals surface area contributed by atoms with Gasteiger partial charge >= 0.3 is 0 Å². The molecular formula is C13H18ClNO. The van der Waals surface area contributed by atoms with E-state index in [-0.39, 0.29) is 0 Å². The number of ether oxygens (including phenoxy) is 1. The van der Waals surface area contributed by atoms with E-state index in [0.717, 1.165) is 18.1 Å². The van der Waals surface area contributed by atoms with Gasteiger partial charge in [0.2, 0.25) is 0 Å². The monoisotopic (exact) mass is 239 g/mol. The van der Waals surface area contributed by atoms with E-state index >= 15 is 0 Å². The second kappa shape index (κ2) is 5.67. The number of hydrogen-bond acceptors (Lipinski definition) is 2. The highest BCUT2D eigenvalue weighted by Crippen LogP contribution is 2.18. The van der Waals surface area contributed by atoms with E-state index in [1.165, 1.54) is 18.4 Å². The Labute approximate surface area is 102 Å². The number of halogens is 1. The van der Waals surface area contributed by atoms with E-state index in [2.05, 4.69) is 12.2 Å². The molecule has 1 aliphatic heterocycles. The van der Waals surface area contributed by atoms with Crippen LogP contribution in [0.2, 0.25) is 5.02 Å². The molecule has 88 valence electrons. The molecule has 2 unspecified atom stereocenters. The zero-order chi connectivity index (χ0) is 11.4. The maximum Gasteiger partial charge on any atom is 0.0704 e. The van der Waals surface area contributed by atoms with Crippen LogP contribution in [-0.2, 0) is 11.3 Å². The fourth-order valence-electron chi connectivity index (χ4n) is 2.02. The van der Waals surface area contributed by atoms with Gasteiger partial charge in [0.05, 0.1) is 12.2 Å². The van der Waals surface area contributed by atoms with Gasteiger partial charge in [-0.15, -0.1) is 0 Å². The van der Waals surface area contributed by atoms with Crippen LogP contribution in [0.25, 0.3) is 0 Å². The van der Waals surface area contributed by atoms with Crippen molar-refractivity contribution in [2.24, 2.45) is 0 Å². The zero-order valence-corrected chi connectivity index (χ0v) is 10.3. The van der Waals surface area contributed by atoms with Gasteiger partial charge in [0.1, 0.15) is 0 Å². The quantitative estimate of drug-likeness (QED) is 0.872. The van der Waals surface area contributed by atoms with E-state index < -0.39 is 0 Å². The number of hydrogen-bond donors (Lipinski definition) is 1. The van der Waals surface area contributed by atoms with E-state index in [1.54, 1.807) is 0 Å². The summed E-state index contributed by atoms with van der Waals surface area (Å²) in [5, 5.41) is 4.20. The first-order chi connectivity index (χ1) is 7.74. The van der Waals surface area contributed by atoms with E-state index in [1.807, 2.05) is 24.3 Å². The molecule has 0 aliphatic carbocycles. The fourth-order valence-corrected chi connectivity index (χ4v) is 2.14. The van der Waals surface area contributed by atoms with E-state index in [9.17, 15) is 0 Å². The van der Waals surface area contributed by atoms with Crippen molar-refractivity contribution in [1.29, 1.82) is 0 Å². The molecule has 1 fully saturated rings. The average molecular weight is 240 g/mol. The molecule has 3 heteroatoms.